The van der Waals surface area contributed by atoms with E-state index in [1.165, 1.54) is 0 Å². The molecule has 0 radical (unpaired) electrons. The number of anilines is 1. The van der Waals surface area contributed by atoms with Crippen molar-refractivity contribution < 1.29 is 5.11 Å². The Morgan fingerprint density at radius 2 is 2.29 bits per heavy atom. The summed E-state index contributed by atoms with van der Waals surface area (Å²) in [7, 11) is 0. The fraction of sp³-hybridized carbons (Fsp3) is 0.500. The van der Waals surface area contributed by atoms with Crippen LogP contribution in [0.3, 0.4) is 0 Å². The molecule has 0 aliphatic carbocycles. The molecule has 1 aromatic heterocycles. The van der Waals surface area contributed by atoms with E-state index in [9.17, 15) is 5.11 Å². The number of aromatic nitrogens is 1. The molecule has 78 valence electrons. The second-order valence-corrected chi connectivity index (χ2v) is 5.01. The minimum atomic E-state index is -0.518. The fourth-order valence-electron chi connectivity index (χ4n) is 1.07. The number of aliphatic hydroxyl groups is 1. The van der Waals surface area contributed by atoms with E-state index in [2.05, 4.69) is 18.8 Å². The summed E-state index contributed by atoms with van der Waals surface area (Å²) in [6.45, 7) is 4.20. The van der Waals surface area contributed by atoms with Crippen LogP contribution in [0.25, 0.3) is 0 Å². The zero-order valence-corrected chi connectivity index (χ0v) is 9.29. The van der Waals surface area contributed by atoms with E-state index in [4.69, 9.17) is 5.73 Å². The van der Waals surface area contributed by atoms with Crippen molar-refractivity contribution in [2.24, 2.45) is 0 Å². The van der Waals surface area contributed by atoms with E-state index in [0.717, 1.165) is 5.56 Å². The first kappa shape index (κ1) is 11.3. The van der Waals surface area contributed by atoms with Crippen molar-refractivity contribution in [2.45, 2.75) is 25.2 Å². The Labute approximate surface area is 88.7 Å². The highest BCUT2D eigenvalue weighted by atomic mass is 32.2. The highest BCUT2D eigenvalue weighted by Crippen LogP contribution is 2.24. The van der Waals surface area contributed by atoms with Gasteiger partial charge in [-0.25, -0.2) is 0 Å². The van der Waals surface area contributed by atoms with Crippen LogP contribution in [0.15, 0.2) is 18.5 Å². The second-order valence-electron chi connectivity index (χ2n) is 3.40. The van der Waals surface area contributed by atoms with E-state index in [-0.39, 0.29) is 0 Å². The van der Waals surface area contributed by atoms with Crippen molar-refractivity contribution in [1.29, 1.82) is 0 Å². The largest absolute Gasteiger partial charge is 0.398 e. The molecule has 0 aliphatic rings. The van der Waals surface area contributed by atoms with Gasteiger partial charge < -0.3 is 10.8 Å². The lowest BCUT2D eigenvalue weighted by Crippen LogP contribution is -2.06. The summed E-state index contributed by atoms with van der Waals surface area (Å²) >= 11 is 1.71. The van der Waals surface area contributed by atoms with Gasteiger partial charge in [0.25, 0.3) is 0 Å². The van der Waals surface area contributed by atoms with Crippen molar-refractivity contribution in [3.05, 3.63) is 24.0 Å². The molecule has 0 amide bonds. The number of nitrogens with two attached hydrogens (primary N) is 1. The maximum Gasteiger partial charge on any atom is 0.0915 e. The van der Waals surface area contributed by atoms with Crippen molar-refractivity contribution >= 4 is 17.4 Å². The highest BCUT2D eigenvalue weighted by molar-refractivity contribution is 7.99. The van der Waals surface area contributed by atoms with Crippen LogP contribution in [0.5, 0.6) is 0 Å². The van der Waals surface area contributed by atoms with Crippen LogP contribution >= 0.6 is 11.8 Å². The summed E-state index contributed by atoms with van der Waals surface area (Å²) < 4.78 is 0. The van der Waals surface area contributed by atoms with E-state index in [1.807, 2.05) is 0 Å². The molecular formula is C10H16N2OS. The summed E-state index contributed by atoms with van der Waals surface area (Å²) in [5.74, 6) is 0.660. The number of hydrogen-bond donors (Lipinski definition) is 2. The van der Waals surface area contributed by atoms with Gasteiger partial charge in [0.2, 0.25) is 0 Å². The maximum atomic E-state index is 9.81. The molecule has 0 spiro atoms. The van der Waals surface area contributed by atoms with Crippen LogP contribution in [0.2, 0.25) is 0 Å². The summed E-state index contributed by atoms with van der Waals surface area (Å²) in [6.07, 6.45) is 2.73. The average molecular weight is 212 g/mol. The number of pyridine rings is 1. The van der Waals surface area contributed by atoms with Gasteiger partial charge in [0.05, 0.1) is 6.10 Å². The van der Waals surface area contributed by atoms with Crippen LogP contribution in [-0.4, -0.2) is 21.1 Å². The lowest BCUT2D eigenvalue weighted by molar-refractivity contribution is 0.204. The SMILES string of the molecule is CC(C)SCC(O)c1cnccc1N. The molecule has 0 saturated heterocycles. The monoisotopic (exact) mass is 212 g/mol. The summed E-state index contributed by atoms with van der Waals surface area (Å²) in [6, 6.07) is 1.71. The third kappa shape index (κ3) is 3.20. The number of nitrogens with zero attached hydrogens (tertiary/aromatic N) is 1. The predicted octanol–water partition coefficient (Wildman–Crippen LogP) is 1.84. The molecule has 1 aromatic rings. The molecule has 0 fully saturated rings. The molecular weight excluding hydrogens is 196 g/mol. The summed E-state index contributed by atoms with van der Waals surface area (Å²) in [4.78, 5) is 3.94. The summed E-state index contributed by atoms with van der Waals surface area (Å²) in [5, 5.41) is 10.3. The van der Waals surface area contributed by atoms with Crippen LogP contribution in [0.1, 0.15) is 25.5 Å². The second kappa shape index (κ2) is 5.22. The van der Waals surface area contributed by atoms with Gasteiger partial charge in [-0.05, 0) is 11.3 Å². The quantitative estimate of drug-likeness (QED) is 0.799. The smallest absolute Gasteiger partial charge is 0.0915 e. The van der Waals surface area contributed by atoms with Gasteiger partial charge in [-0.15, -0.1) is 0 Å². The van der Waals surface area contributed by atoms with E-state index >= 15 is 0 Å². The Balaban J connectivity index is 2.60. The van der Waals surface area contributed by atoms with Gasteiger partial charge in [0, 0.05) is 29.4 Å². The number of thioether (sulfide) groups is 1. The minimum absolute atomic E-state index is 0.516. The number of nitrogen functional groups attached to an aromatic ring is 1. The highest BCUT2D eigenvalue weighted by Gasteiger charge is 2.11. The molecule has 0 aromatic carbocycles. The topological polar surface area (TPSA) is 59.1 Å². The molecule has 1 atom stereocenters. The Hall–Kier alpha value is -0.740. The normalized spacial score (nSPS) is 13.1. The molecule has 1 heterocycles. The van der Waals surface area contributed by atoms with Crippen molar-refractivity contribution in [3.63, 3.8) is 0 Å². The molecule has 1 unspecified atom stereocenters. The molecule has 0 bridgehead atoms. The standard InChI is InChI=1S/C10H16N2OS/c1-7(2)14-6-10(13)8-5-12-4-3-9(8)11/h3-5,7,10,13H,6H2,1-2H3,(H2,11,12). The van der Waals surface area contributed by atoms with Crippen molar-refractivity contribution in [2.75, 3.05) is 11.5 Å². The molecule has 0 saturated carbocycles. The first-order valence-corrected chi connectivity index (χ1v) is 5.65. The Morgan fingerprint density at radius 3 is 2.86 bits per heavy atom. The first-order chi connectivity index (χ1) is 6.61. The first-order valence-electron chi connectivity index (χ1n) is 4.60. The molecule has 1 rings (SSSR count). The van der Waals surface area contributed by atoms with Gasteiger partial charge in [0.15, 0.2) is 0 Å². The molecule has 3 N–H and O–H groups in total. The zero-order valence-electron chi connectivity index (χ0n) is 8.47. The molecule has 4 heteroatoms. The van der Waals surface area contributed by atoms with Crippen LogP contribution in [0, 0.1) is 0 Å². The summed E-state index contributed by atoms with van der Waals surface area (Å²) in [5.41, 5.74) is 7.05. The Kier molecular flexibility index (Phi) is 4.22. The predicted molar refractivity (Wildman–Crippen MR) is 61.2 cm³/mol. The van der Waals surface area contributed by atoms with Crippen LogP contribution < -0.4 is 5.73 Å². The van der Waals surface area contributed by atoms with Gasteiger partial charge >= 0.3 is 0 Å². The number of aliphatic hydroxyl groups excluding tert-OH is 1. The van der Waals surface area contributed by atoms with Gasteiger partial charge in [-0.1, -0.05) is 13.8 Å². The zero-order chi connectivity index (χ0) is 10.6. The third-order valence-electron chi connectivity index (χ3n) is 1.83. The maximum absolute atomic E-state index is 9.81. The lowest BCUT2D eigenvalue weighted by Gasteiger charge is -2.13. The van der Waals surface area contributed by atoms with E-state index in [1.54, 1.807) is 30.2 Å². The average Bonchev–Trinajstić information content (AvgIpc) is 2.15. The fourth-order valence-corrected chi connectivity index (χ4v) is 1.82. The van der Waals surface area contributed by atoms with E-state index in [0.29, 0.717) is 16.7 Å². The van der Waals surface area contributed by atoms with Gasteiger partial charge in [-0.2, -0.15) is 11.8 Å². The van der Waals surface area contributed by atoms with Crippen molar-refractivity contribution in [3.8, 4) is 0 Å². The molecule has 0 aliphatic heterocycles. The molecule has 14 heavy (non-hydrogen) atoms. The number of rotatable bonds is 4. The Bertz CT molecular complexity index is 291. The van der Waals surface area contributed by atoms with Crippen molar-refractivity contribution in [1.82, 2.24) is 4.98 Å². The van der Waals surface area contributed by atoms with Crippen LogP contribution in [-0.2, 0) is 0 Å². The molecule has 3 nitrogen and oxygen atoms in total. The minimum Gasteiger partial charge on any atom is -0.398 e. The number of hydrogen-bond acceptors (Lipinski definition) is 4. The van der Waals surface area contributed by atoms with E-state index < -0.39 is 6.10 Å². The van der Waals surface area contributed by atoms with Crippen LogP contribution in [0.4, 0.5) is 5.69 Å². The Morgan fingerprint density at radius 1 is 1.57 bits per heavy atom. The van der Waals surface area contributed by atoms with Gasteiger partial charge in [-0.3, -0.25) is 4.98 Å². The lowest BCUT2D eigenvalue weighted by atomic mass is 10.1. The third-order valence-corrected chi connectivity index (χ3v) is 3.01. The van der Waals surface area contributed by atoms with Gasteiger partial charge in [0.1, 0.15) is 0 Å².